The standard InChI is InChI=1S/C28H25F4NO2/c1-18-11-13-23(14-12-18)33-25(21-9-6-10-24(16-21)35-28(31,32)27(29)30)17-22(26(33)34)15-19(2)20-7-4-3-5-8-20/h3-14,16-17,19,25,27H,15H2,1-2H3/t19-,25-/m0/s1. The van der Waals surface area contributed by atoms with E-state index in [9.17, 15) is 22.4 Å². The van der Waals surface area contributed by atoms with Crippen LogP contribution in [0.4, 0.5) is 23.2 Å². The minimum atomic E-state index is -4.62. The fraction of sp³-hybridized carbons (Fsp3) is 0.250. The van der Waals surface area contributed by atoms with E-state index < -0.39 is 24.3 Å². The van der Waals surface area contributed by atoms with E-state index in [0.29, 0.717) is 23.2 Å². The molecule has 35 heavy (non-hydrogen) atoms. The second-order valence-electron chi connectivity index (χ2n) is 8.70. The van der Waals surface area contributed by atoms with Gasteiger partial charge in [-0.1, -0.05) is 67.1 Å². The molecule has 2 atom stereocenters. The van der Waals surface area contributed by atoms with Crippen molar-refractivity contribution in [3.8, 4) is 5.75 Å². The lowest BCUT2D eigenvalue weighted by Gasteiger charge is -2.26. The Labute approximate surface area is 201 Å². The van der Waals surface area contributed by atoms with Crippen molar-refractivity contribution in [2.75, 3.05) is 4.90 Å². The Morgan fingerprint density at radius 3 is 2.31 bits per heavy atom. The first-order chi connectivity index (χ1) is 16.7. The number of hydrogen-bond acceptors (Lipinski definition) is 2. The summed E-state index contributed by atoms with van der Waals surface area (Å²) in [6.07, 6.45) is -6.28. The van der Waals surface area contributed by atoms with Crippen LogP contribution in [0.2, 0.25) is 0 Å². The third-order valence-electron chi connectivity index (χ3n) is 6.05. The number of benzene rings is 3. The molecule has 1 heterocycles. The third-order valence-corrected chi connectivity index (χ3v) is 6.05. The van der Waals surface area contributed by atoms with E-state index in [-0.39, 0.29) is 11.8 Å². The van der Waals surface area contributed by atoms with E-state index in [0.717, 1.165) is 11.1 Å². The zero-order valence-corrected chi connectivity index (χ0v) is 19.3. The summed E-state index contributed by atoms with van der Waals surface area (Å²) in [5.41, 5.74) is 3.83. The first-order valence-corrected chi connectivity index (χ1v) is 11.3. The summed E-state index contributed by atoms with van der Waals surface area (Å²) in [5, 5.41) is 0. The minimum Gasteiger partial charge on any atom is -0.428 e. The summed E-state index contributed by atoms with van der Waals surface area (Å²) in [5.74, 6) is -0.515. The number of halogens is 4. The zero-order valence-electron chi connectivity index (χ0n) is 19.3. The van der Waals surface area contributed by atoms with Gasteiger partial charge in [0.1, 0.15) is 5.75 Å². The van der Waals surface area contributed by atoms with Gasteiger partial charge in [0.15, 0.2) is 0 Å². The van der Waals surface area contributed by atoms with E-state index in [1.54, 1.807) is 11.0 Å². The van der Waals surface area contributed by atoms with Gasteiger partial charge in [0, 0.05) is 11.3 Å². The maximum absolute atomic E-state index is 13.6. The molecule has 1 aliphatic rings. The second kappa shape index (κ2) is 9.94. The molecule has 182 valence electrons. The molecule has 0 radical (unpaired) electrons. The van der Waals surface area contributed by atoms with Crippen LogP contribution < -0.4 is 9.64 Å². The van der Waals surface area contributed by atoms with Crippen LogP contribution in [0.1, 0.15) is 42.0 Å². The molecule has 0 saturated carbocycles. The van der Waals surface area contributed by atoms with Crippen LogP contribution in [0, 0.1) is 6.92 Å². The van der Waals surface area contributed by atoms with Crippen LogP contribution in [-0.2, 0) is 4.79 Å². The fourth-order valence-corrected chi connectivity index (χ4v) is 4.19. The van der Waals surface area contributed by atoms with Gasteiger partial charge in [0.2, 0.25) is 0 Å². The van der Waals surface area contributed by atoms with Crippen molar-refractivity contribution in [3.05, 3.63) is 107 Å². The van der Waals surface area contributed by atoms with E-state index in [1.165, 1.54) is 18.2 Å². The molecule has 1 aliphatic heterocycles. The van der Waals surface area contributed by atoms with Gasteiger partial charge in [-0.25, -0.2) is 0 Å². The first kappa shape index (κ1) is 24.5. The largest absolute Gasteiger partial charge is 0.461 e. The van der Waals surface area contributed by atoms with E-state index in [2.05, 4.69) is 4.74 Å². The number of anilines is 1. The van der Waals surface area contributed by atoms with Crippen molar-refractivity contribution in [2.45, 2.75) is 44.8 Å². The Balaban J connectivity index is 1.69. The number of carbonyl (C=O) groups excluding carboxylic acids is 1. The van der Waals surface area contributed by atoms with Crippen LogP contribution >= 0.6 is 0 Å². The highest BCUT2D eigenvalue weighted by Gasteiger charge is 2.44. The average Bonchev–Trinajstić information content (AvgIpc) is 3.16. The zero-order chi connectivity index (χ0) is 25.2. The lowest BCUT2D eigenvalue weighted by atomic mass is 9.93. The van der Waals surface area contributed by atoms with Gasteiger partial charge in [-0.3, -0.25) is 9.69 Å². The summed E-state index contributed by atoms with van der Waals surface area (Å²) in [7, 11) is 0. The van der Waals surface area contributed by atoms with Gasteiger partial charge in [0.05, 0.1) is 6.04 Å². The Kier molecular flexibility index (Phi) is 6.96. The topological polar surface area (TPSA) is 29.5 Å². The monoisotopic (exact) mass is 483 g/mol. The molecule has 3 aromatic rings. The predicted octanol–water partition coefficient (Wildman–Crippen LogP) is 7.44. The summed E-state index contributed by atoms with van der Waals surface area (Å²) >= 11 is 0. The summed E-state index contributed by atoms with van der Waals surface area (Å²) in [6, 6.07) is 22.2. The third kappa shape index (κ3) is 5.39. The van der Waals surface area contributed by atoms with Gasteiger partial charge in [-0.15, -0.1) is 0 Å². The molecule has 0 spiro atoms. The SMILES string of the molecule is Cc1ccc(N2C(=O)C(C[C@H](C)c3ccccc3)=C[C@H]2c2cccc(OC(F)(F)C(F)F)c2)cc1. The molecule has 0 aromatic heterocycles. The number of aryl methyl sites for hydroxylation is 1. The quantitative estimate of drug-likeness (QED) is 0.312. The van der Waals surface area contributed by atoms with Crippen molar-refractivity contribution in [1.82, 2.24) is 0 Å². The normalized spacial score (nSPS) is 17.0. The highest BCUT2D eigenvalue weighted by atomic mass is 19.3. The van der Waals surface area contributed by atoms with Crippen molar-refractivity contribution < 1.29 is 27.1 Å². The number of amides is 1. The molecule has 0 aliphatic carbocycles. The molecule has 0 N–H and O–H groups in total. The highest BCUT2D eigenvalue weighted by molar-refractivity contribution is 6.09. The van der Waals surface area contributed by atoms with E-state index >= 15 is 0 Å². The average molecular weight is 484 g/mol. The molecular weight excluding hydrogens is 458 g/mol. The smallest absolute Gasteiger partial charge is 0.428 e. The number of ether oxygens (including phenoxy) is 1. The molecule has 0 saturated heterocycles. The molecule has 4 rings (SSSR count). The molecule has 3 aromatic carbocycles. The van der Waals surface area contributed by atoms with Crippen molar-refractivity contribution in [2.24, 2.45) is 0 Å². The van der Waals surface area contributed by atoms with Crippen LogP contribution in [0.3, 0.4) is 0 Å². The molecule has 1 amide bonds. The van der Waals surface area contributed by atoms with E-state index in [1.807, 2.05) is 74.5 Å². The number of carbonyl (C=O) groups is 1. The fourth-order valence-electron chi connectivity index (χ4n) is 4.19. The Bertz CT molecular complexity index is 1210. The van der Waals surface area contributed by atoms with Gasteiger partial charge < -0.3 is 4.74 Å². The Hall–Kier alpha value is -3.61. The van der Waals surface area contributed by atoms with Gasteiger partial charge in [-0.05, 0) is 60.7 Å². The van der Waals surface area contributed by atoms with Gasteiger partial charge >= 0.3 is 12.5 Å². The van der Waals surface area contributed by atoms with Crippen LogP contribution in [0.5, 0.6) is 5.75 Å². The number of alkyl halides is 4. The molecule has 0 unspecified atom stereocenters. The molecular formula is C28H25F4NO2. The lowest BCUT2D eigenvalue weighted by molar-refractivity contribution is -0.253. The summed E-state index contributed by atoms with van der Waals surface area (Å²) in [6.45, 7) is 3.97. The minimum absolute atomic E-state index is 0.0735. The Morgan fingerprint density at radius 2 is 1.66 bits per heavy atom. The van der Waals surface area contributed by atoms with Crippen LogP contribution in [-0.4, -0.2) is 18.4 Å². The van der Waals surface area contributed by atoms with Crippen molar-refractivity contribution >= 4 is 11.6 Å². The summed E-state index contributed by atoms with van der Waals surface area (Å²) in [4.78, 5) is 15.1. The van der Waals surface area contributed by atoms with Gasteiger partial charge in [0.25, 0.3) is 5.91 Å². The molecule has 7 heteroatoms. The summed E-state index contributed by atoms with van der Waals surface area (Å²) < 4.78 is 56.6. The lowest BCUT2D eigenvalue weighted by Crippen LogP contribution is -2.33. The number of nitrogens with zero attached hydrogens (tertiary/aromatic N) is 1. The van der Waals surface area contributed by atoms with Crippen molar-refractivity contribution in [3.63, 3.8) is 0 Å². The number of rotatable bonds is 8. The van der Waals surface area contributed by atoms with Crippen LogP contribution in [0.15, 0.2) is 90.5 Å². The highest BCUT2D eigenvalue weighted by Crippen LogP contribution is 2.40. The second-order valence-corrected chi connectivity index (χ2v) is 8.70. The Morgan fingerprint density at radius 1 is 0.971 bits per heavy atom. The van der Waals surface area contributed by atoms with Crippen molar-refractivity contribution in [1.29, 1.82) is 0 Å². The molecule has 0 fully saturated rings. The van der Waals surface area contributed by atoms with Crippen LogP contribution in [0.25, 0.3) is 0 Å². The van der Waals surface area contributed by atoms with Gasteiger partial charge in [-0.2, -0.15) is 17.6 Å². The predicted molar refractivity (Wildman–Crippen MR) is 127 cm³/mol. The van der Waals surface area contributed by atoms with E-state index in [4.69, 9.17) is 0 Å². The maximum atomic E-state index is 13.6. The molecule has 0 bridgehead atoms. The molecule has 3 nitrogen and oxygen atoms in total. The first-order valence-electron chi connectivity index (χ1n) is 11.3. The number of hydrogen-bond donors (Lipinski definition) is 0. The maximum Gasteiger partial charge on any atom is 0.461 e.